The summed E-state index contributed by atoms with van der Waals surface area (Å²) in [5.41, 5.74) is 3.23. The van der Waals surface area contributed by atoms with Gasteiger partial charge in [-0.1, -0.05) is 48.5 Å². The maximum absolute atomic E-state index is 12.2. The molecular weight excluding hydrogens is 352 g/mol. The van der Waals surface area contributed by atoms with Crippen LogP contribution in [0.4, 0.5) is 11.4 Å². The Bertz CT molecular complexity index is 955. The van der Waals surface area contributed by atoms with Gasteiger partial charge in [0.05, 0.1) is 6.42 Å². The van der Waals surface area contributed by atoms with Crippen LogP contribution >= 0.6 is 0 Å². The number of aryl methyl sites for hydroxylation is 1. The number of ether oxygens (including phenoxy) is 1. The molecule has 0 spiro atoms. The van der Waals surface area contributed by atoms with Crippen LogP contribution in [0.3, 0.4) is 0 Å². The summed E-state index contributed by atoms with van der Waals surface area (Å²) in [6.07, 6.45) is 0.293. The molecule has 28 heavy (non-hydrogen) atoms. The highest BCUT2D eigenvalue weighted by molar-refractivity contribution is 5.95. The molecule has 3 rings (SSSR count). The standard InChI is InChI=1S/C23H22N2O3/c1-17-7-5-12-21(13-17)28-16-23(27)25-20-11-6-10-19(15-20)24-22(26)14-18-8-3-2-4-9-18/h2-13,15H,14,16H2,1H3,(H,24,26)(H,25,27). The van der Waals surface area contributed by atoms with Crippen molar-refractivity contribution in [3.8, 4) is 5.75 Å². The van der Waals surface area contributed by atoms with Gasteiger partial charge >= 0.3 is 0 Å². The smallest absolute Gasteiger partial charge is 0.262 e. The molecule has 0 atom stereocenters. The number of carbonyl (C=O) groups excluding carboxylic acids is 2. The van der Waals surface area contributed by atoms with Gasteiger partial charge in [0.25, 0.3) is 5.91 Å². The number of hydrogen-bond acceptors (Lipinski definition) is 3. The number of carbonyl (C=O) groups is 2. The molecule has 0 saturated heterocycles. The zero-order valence-corrected chi connectivity index (χ0v) is 15.6. The number of nitrogens with one attached hydrogen (secondary N) is 2. The van der Waals surface area contributed by atoms with Crippen molar-refractivity contribution in [3.63, 3.8) is 0 Å². The minimum absolute atomic E-state index is 0.0892. The van der Waals surface area contributed by atoms with E-state index in [0.717, 1.165) is 11.1 Å². The van der Waals surface area contributed by atoms with Crippen molar-refractivity contribution in [1.29, 1.82) is 0 Å². The van der Waals surface area contributed by atoms with Crippen LogP contribution in [0, 0.1) is 6.92 Å². The average molecular weight is 374 g/mol. The number of rotatable bonds is 7. The zero-order chi connectivity index (χ0) is 19.8. The summed E-state index contributed by atoms with van der Waals surface area (Å²) in [7, 11) is 0. The summed E-state index contributed by atoms with van der Waals surface area (Å²) < 4.78 is 5.50. The summed E-state index contributed by atoms with van der Waals surface area (Å²) in [5, 5.41) is 5.62. The van der Waals surface area contributed by atoms with Gasteiger partial charge in [-0.05, 0) is 48.4 Å². The van der Waals surface area contributed by atoms with E-state index in [2.05, 4.69) is 10.6 Å². The van der Waals surface area contributed by atoms with Crippen molar-refractivity contribution in [2.24, 2.45) is 0 Å². The summed E-state index contributed by atoms with van der Waals surface area (Å²) in [5.74, 6) is 0.267. The predicted molar refractivity (Wildman–Crippen MR) is 111 cm³/mol. The van der Waals surface area contributed by atoms with E-state index < -0.39 is 0 Å². The summed E-state index contributed by atoms with van der Waals surface area (Å²) in [6.45, 7) is 1.87. The van der Waals surface area contributed by atoms with E-state index in [9.17, 15) is 9.59 Å². The Morgan fingerprint density at radius 3 is 2.18 bits per heavy atom. The lowest BCUT2D eigenvalue weighted by atomic mass is 10.1. The fraction of sp³-hybridized carbons (Fsp3) is 0.130. The molecule has 0 aliphatic rings. The van der Waals surface area contributed by atoms with E-state index in [1.165, 1.54) is 0 Å². The first-order valence-corrected chi connectivity index (χ1v) is 9.02. The molecule has 2 amide bonds. The Kier molecular flexibility index (Phi) is 6.41. The van der Waals surface area contributed by atoms with Crippen LogP contribution in [0.15, 0.2) is 78.9 Å². The first kappa shape index (κ1) is 19.2. The van der Waals surface area contributed by atoms with Gasteiger partial charge in [0.15, 0.2) is 6.61 Å². The quantitative estimate of drug-likeness (QED) is 0.651. The second-order valence-electron chi connectivity index (χ2n) is 6.44. The maximum Gasteiger partial charge on any atom is 0.262 e. The van der Waals surface area contributed by atoms with E-state index in [4.69, 9.17) is 4.74 Å². The Hall–Kier alpha value is -3.60. The van der Waals surface area contributed by atoms with E-state index in [0.29, 0.717) is 23.5 Å². The maximum atomic E-state index is 12.2. The monoisotopic (exact) mass is 374 g/mol. The van der Waals surface area contributed by atoms with Crippen molar-refractivity contribution in [2.45, 2.75) is 13.3 Å². The van der Waals surface area contributed by atoms with Gasteiger partial charge in [-0.3, -0.25) is 9.59 Å². The van der Waals surface area contributed by atoms with Gasteiger partial charge in [-0.25, -0.2) is 0 Å². The number of benzene rings is 3. The molecule has 5 nitrogen and oxygen atoms in total. The number of anilines is 2. The average Bonchev–Trinajstić information content (AvgIpc) is 2.67. The summed E-state index contributed by atoms with van der Waals surface area (Å²) in [6, 6.07) is 24.1. The van der Waals surface area contributed by atoms with Gasteiger partial charge in [0.2, 0.25) is 5.91 Å². The highest BCUT2D eigenvalue weighted by Crippen LogP contribution is 2.16. The molecule has 0 radical (unpaired) electrons. The van der Waals surface area contributed by atoms with Crippen molar-refractivity contribution in [1.82, 2.24) is 0 Å². The molecule has 0 unspecified atom stereocenters. The molecule has 0 aliphatic carbocycles. The van der Waals surface area contributed by atoms with Gasteiger partial charge < -0.3 is 15.4 Å². The van der Waals surface area contributed by atoms with Gasteiger partial charge in [0.1, 0.15) is 5.75 Å². The van der Waals surface area contributed by atoms with Gasteiger partial charge in [-0.15, -0.1) is 0 Å². The normalized spacial score (nSPS) is 10.2. The second-order valence-corrected chi connectivity index (χ2v) is 6.44. The van der Waals surface area contributed by atoms with Gasteiger partial charge in [0, 0.05) is 11.4 Å². The Balaban J connectivity index is 1.52. The van der Waals surface area contributed by atoms with Gasteiger partial charge in [-0.2, -0.15) is 0 Å². The van der Waals surface area contributed by atoms with E-state index in [-0.39, 0.29) is 18.4 Å². The van der Waals surface area contributed by atoms with Crippen molar-refractivity contribution < 1.29 is 14.3 Å². The Morgan fingerprint density at radius 1 is 0.786 bits per heavy atom. The molecule has 2 N–H and O–H groups in total. The molecule has 142 valence electrons. The third kappa shape index (κ3) is 5.99. The topological polar surface area (TPSA) is 67.4 Å². The molecule has 0 aliphatic heterocycles. The fourth-order valence-electron chi connectivity index (χ4n) is 2.71. The molecule has 5 heteroatoms. The van der Waals surface area contributed by atoms with Crippen LogP contribution in [-0.2, 0) is 16.0 Å². The van der Waals surface area contributed by atoms with Crippen LogP contribution in [0.25, 0.3) is 0 Å². The number of hydrogen-bond donors (Lipinski definition) is 2. The highest BCUT2D eigenvalue weighted by atomic mass is 16.5. The predicted octanol–water partition coefficient (Wildman–Crippen LogP) is 4.19. The van der Waals surface area contributed by atoms with E-state index >= 15 is 0 Å². The Labute approximate surface area is 164 Å². The molecule has 0 fully saturated rings. The lowest BCUT2D eigenvalue weighted by molar-refractivity contribution is -0.118. The second kappa shape index (κ2) is 9.37. The van der Waals surface area contributed by atoms with Crippen molar-refractivity contribution in [3.05, 3.63) is 90.0 Å². The third-order valence-corrected chi connectivity index (χ3v) is 4.00. The van der Waals surface area contributed by atoms with Crippen LogP contribution in [0.1, 0.15) is 11.1 Å². The van der Waals surface area contributed by atoms with E-state index in [1.54, 1.807) is 24.3 Å². The molecular formula is C23H22N2O3. The molecule has 3 aromatic rings. The fourth-order valence-corrected chi connectivity index (χ4v) is 2.71. The molecule has 0 aromatic heterocycles. The van der Waals surface area contributed by atoms with Crippen LogP contribution in [0.5, 0.6) is 5.75 Å². The lowest BCUT2D eigenvalue weighted by Gasteiger charge is -2.10. The third-order valence-electron chi connectivity index (χ3n) is 4.00. The first-order chi connectivity index (χ1) is 13.6. The Morgan fingerprint density at radius 2 is 1.46 bits per heavy atom. The first-order valence-electron chi connectivity index (χ1n) is 9.02. The highest BCUT2D eigenvalue weighted by Gasteiger charge is 2.07. The van der Waals surface area contributed by atoms with Crippen LogP contribution < -0.4 is 15.4 Å². The summed E-state index contributed by atoms with van der Waals surface area (Å²) >= 11 is 0. The molecule has 3 aromatic carbocycles. The molecule has 0 bridgehead atoms. The van der Waals surface area contributed by atoms with Crippen molar-refractivity contribution in [2.75, 3.05) is 17.2 Å². The van der Waals surface area contributed by atoms with Crippen LogP contribution in [-0.4, -0.2) is 18.4 Å². The zero-order valence-electron chi connectivity index (χ0n) is 15.6. The SMILES string of the molecule is Cc1cccc(OCC(=O)Nc2cccc(NC(=O)Cc3ccccc3)c2)c1. The minimum atomic E-state index is -0.269. The molecule has 0 heterocycles. The number of amides is 2. The lowest BCUT2D eigenvalue weighted by Crippen LogP contribution is -2.20. The minimum Gasteiger partial charge on any atom is -0.484 e. The molecule has 0 saturated carbocycles. The largest absolute Gasteiger partial charge is 0.484 e. The van der Waals surface area contributed by atoms with E-state index in [1.807, 2.05) is 61.5 Å². The van der Waals surface area contributed by atoms with Crippen LogP contribution in [0.2, 0.25) is 0 Å². The summed E-state index contributed by atoms with van der Waals surface area (Å²) in [4.78, 5) is 24.3. The van der Waals surface area contributed by atoms with Crippen molar-refractivity contribution >= 4 is 23.2 Å².